The third kappa shape index (κ3) is 5.00. The van der Waals surface area contributed by atoms with Crippen LogP contribution in [0.5, 0.6) is 5.75 Å². The molecule has 3 rings (SSSR count). The Balaban J connectivity index is 1.97. The van der Waals surface area contributed by atoms with Crippen LogP contribution in [-0.4, -0.2) is 50.8 Å². The van der Waals surface area contributed by atoms with E-state index in [0.29, 0.717) is 27.9 Å². The summed E-state index contributed by atoms with van der Waals surface area (Å²) in [6.45, 7) is 3.87. The standard InChI is InChI=1S/C23H22N2O6S/c1-3-17(22(29)30)31-18-12-8-5-9-14(18)13-19-20(26)25(4-2)23(32-19)24-16-11-7-6-10-15(16)21(27)28/h5-13,17H,3-4H2,1-2H3,(H,27,28)(H,29,30)/b19-13-,24-23?. The third-order valence-electron chi connectivity index (χ3n) is 4.68. The highest BCUT2D eigenvalue weighted by Crippen LogP contribution is 2.36. The van der Waals surface area contributed by atoms with Gasteiger partial charge < -0.3 is 14.9 Å². The third-order valence-corrected chi connectivity index (χ3v) is 5.68. The summed E-state index contributed by atoms with van der Waals surface area (Å²) in [5.74, 6) is -2.09. The fraction of sp³-hybridized carbons (Fsp3) is 0.217. The van der Waals surface area contributed by atoms with E-state index in [1.54, 1.807) is 62.4 Å². The van der Waals surface area contributed by atoms with Gasteiger partial charge in [0.2, 0.25) is 0 Å². The van der Waals surface area contributed by atoms with Crippen molar-refractivity contribution in [1.82, 2.24) is 4.90 Å². The highest BCUT2D eigenvalue weighted by atomic mass is 32.2. The van der Waals surface area contributed by atoms with Gasteiger partial charge in [0.25, 0.3) is 5.91 Å². The molecule has 2 aromatic rings. The van der Waals surface area contributed by atoms with E-state index in [4.69, 9.17) is 4.74 Å². The number of carboxylic acids is 2. The van der Waals surface area contributed by atoms with Crippen molar-refractivity contribution in [2.45, 2.75) is 26.4 Å². The Morgan fingerprint density at radius 2 is 1.81 bits per heavy atom. The molecule has 1 saturated heterocycles. The number of amidine groups is 1. The first kappa shape index (κ1) is 23.1. The molecule has 9 heteroatoms. The van der Waals surface area contributed by atoms with Gasteiger partial charge in [-0.1, -0.05) is 37.3 Å². The van der Waals surface area contributed by atoms with E-state index in [1.165, 1.54) is 11.0 Å². The number of rotatable bonds is 8. The molecular formula is C23H22N2O6S. The van der Waals surface area contributed by atoms with Crippen LogP contribution in [-0.2, 0) is 9.59 Å². The lowest BCUT2D eigenvalue weighted by atomic mass is 10.1. The number of benzene rings is 2. The highest BCUT2D eigenvalue weighted by molar-refractivity contribution is 8.18. The Hall–Kier alpha value is -3.59. The van der Waals surface area contributed by atoms with E-state index in [-0.39, 0.29) is 23.6 Å². The molecule has 0 aliphatic carbocycles. The summed E-state index contributed by atoms with van der Waals surface area (Å²) in [6.07, 6.45) is 0.918. The van der Waals surface area contributed by atoms with E-state index < -0.39 is 18.0 Å². The molecule has 2 N–H and O–H groups in total. The normalized spacial score (nSPS) is 17.1. The number of nitrogens with zero attached hydrogens (tertiary/aromatic N) is 2. The van der Waals surface area contributed by atoms with Crippen LogP contribution in [0.4, 0.5) is 5.69 Å². The molecule has 8 nitrogen and oxygen atoms in total. The average molecular weight is 455 g/mol. The van der Waals surface area contributed by atoms with Gasteiger partial charge in [0.05, 0.1) is 16.2 Å². The maximum atomic E-state index is 13.0. The quantitative estimate of drug-likeness (QED) is 0.573. The monoisotopic (exact) mass is 454 g/mol. The zero-order valence-corrected chi connectivity index (χ0v) is 18.3. The number of likely N-dealkylation sites (N-methyl/N-ethyl adjacent to an activating group) is 1. The molecule has 0 spiro atoms. The summed E-state index contributed by atoms with van der Waals surface area (Å²) in [5, 5.41) is 19.1. The molecule has 1 aliphatic rings. The zero-order chi connectivity index (χ0) is 23.3. The number of para-hydroxylation sites is 2. The van der Waals surface area contributed by atoms with Gasteiger partial charge in [0, 0.05) is 12.1 Å². The van der Waals surface area contributed by atoms with Crippen LogP contribution in [0.25, 0.3) is 6.08 Å². The second-order valence-corrected chi connectivity index (χ2v) is 7.78. The minimum Gasteiger partial charge on any atom is -0.479 e. The van der Waals surface area contributed by atoms with Gasteiger partial charge in [-0.05, 0) is 49.4 Å². The SMILES string of the molecule is CCC(Oc1ccccc1/C=C1\SC(=Nc2ccccc2C(=O)O)N(CC)C1=O)C(=O)O. The molecular weight excluding hydrogens is 432 g/mol. The lowest BCUT2D eigenvalue weighted by Gasteiger charge is -2.15. The molecule has 0 bridgehead atoms. The second kappa shape index (κ2) is 10.1. The number of ether oxygens (including phenoxy) is 1. The zero-order valence-electron chi connectivity index (χ0n) is 17.5. The van der Waals surface area contributed by atoms with E-state index in [2.05, 4.69) is 4.99 Å². The van der Waals surface area contributed by atoms with E-state index in [0.717, 1.165) is 11.8 Å². The van der Waals surface area contributed by atoms with E-state index >= 15 is 0 Å². The van der Waals surface area contributed by atoms with Crippen molar-refractivity contribution in [3.8, 4) is 5.75 Å². The Labute approximate surface area is 189 Å². The van der Waals surface area contributed by atoms with Gasteiger partial charge in [-0.3, -0.25) is 9.69 Å². The molecule has 0 radical (unpaired) electrons. The van der Waals surface area contributed by atoms with Crippen molar-refractivity contribution in [1.29, 1.82) is 0 Å². The van der Waals surface area contributed by atoms with Crippen molar-refractivity contribution >= 4 is 46.5 Å². The van der Waals surface area contributed by atoms with Crippen LogP contribution in [0.15, 0.2) is 58.4 Å². The van der Waals surface area contributed by atoms with Gasteiger partial charge in [-0.25, -0.2) is 14.6 Å². The molecule has 1 heterocycles. The van der Waals surface area contributed by atoms with Crippen molar-refractivity contribution in [2.24, 2.45) is 4.99 Å². The average Bonchev–Trinajstić information content (AvgIpc) is 3.06. The lowest BCUT2D eigenvalue weighted by Crippen LogP contribution is -2.28. The number of hydrogen-bond donors (Lipinski definition) is 2. The van der Waals surface area contributed by atoms with Gasteiger partial charge in [-0.2, -0.15) is 0 Å². The molecule has 1 fully saturated rings. The van der Waals surface area contributed by atoms with Crippen LogP contribution in [0, 0.1) is 0 Å². The molecule has 0 aromatic heterocycles. The number of aromatic carboxylic acids is 1. The summed E-state index contributed by atoms with van der Waals surface area (Å²) in [6, 6.07) is 13.2. The van der Waals surface area contributed by atoms with Crippen LogP contribution in [0.3, 0.4) is 0 Å². The van der Waals surface area contributed by atoms with E-state index in [1.807, 2.05) is 0 Å². The molecule has 1 aliphatic heterocycles. The Bertz CT molecular complexity index is 1110. The number of aliphatic imine (C=N–C) groups is 1. The predicted molar refractivity (Wildman–Crippen MR) is 122 cm³/mol. The van der Waals surface area contributed by atoms with Crippen LogP contribution in [0.2, 0.25) is 0 Å². The molecule has 32 heavy (non-hydrogen) atoms. The second-order valence-electron chi connectivity index (χ2n) is 6.77. The summed E-state index contributed by atoms with van der Waals surface area (Å²) in [4.78, 5) is 42.1. The summed E-state index contributed by atoms with van der Waals surface area (Å²) < 4.78 is 5.65. The van der Waals surface area contributed by atoms with Crippen LogP contribution in [0.1, 0.15) is 36.2 Å². The van der Waals surface area contributed by atoms with Crippen LogP contribution < -0.4 is 4.74 Å². The fourth-order valence-corrected chi connectivity index (χ4v) is 4.08. The smallest absolute Gasteiger partial charge is 0.344 e. The summed E-state index contributed by atoms with van der Waals surface area (Å²) in [5.41, 5.74) is 0.858. The van der Waals surface area contributed by atoms with Crippen molar-refractivity contribution in [3.63, 3.8) is 0 Å². The van der Waals surface area contributed by atoms with Crippen molar-refractivity contribution in [3.05, 3.63) is 64.6 Å². The molecule has 1 atom stereocenters. The number of carboxylic acid groups (broad SMARTS) is 2. The fourth-order valence-electron chi connectivity index (χ4n) is 3.04. The van der Waals surface area contributed by atoms with Crippen LogP contribution >= 0.6 is 11.8 Å². The molecule has 2 aromatic carbocycles. The molecule has 1 unspecified atom stereocenters. The largest absolute Gasteiger partial charge is 0.479 e. The molecule has 166 valence electrons. The number of amides is 1. The first-order valence-electron chi connectivity index (χ1n) is 9.96. The Morgan fingerprint density at radius 3 is 2.47 bits per heavy atom. The minimum absolute atomic E-state index is 0.0413. The van der Waals surface area contributed by atoms with Gasteiger partial charge in [0.15, 0.2) is 11.3 Å². The van der Waals surface area contributed by atoms with Crippen molar-refractivity contribution < 1.29 is 29.3 Å². The van der Waals surface area contributed by atoms with E-state index in [9.17, 15) is 24.6 Å². The number of thioether (sulfide) groups is 1. The molecule has 0 saturated carbocycles. The summed E-state index contributed by atoms with van der Waals surface area (Å²) in [7, 11) is 0. The lowest BCUT2D eigenvalue weighted by molar-refractivity contribution is -0.145. The van der Waals surface area contributed by atoms with Crippen molar-refractivity contribution in [2.75, 3.05) is 6.54 Å². The topological polar surface area (TPSA) is 117 Å². The minimum atomic E-state index is -1.10. The highest BCUT2D eigenvalue weighted by Gasteiger charge is 2.33. The van der Waals surface area contributed by atoms with Gasteiger partial charge in [-0.15, -0.1) is 0 Å². The maximum Gasteiger partial charge on any atom is 0.344 e. The van der Waals surface area contributed by atoms with Gasteiger partial charge >= 0.3 is 11.9 Å². The Morgan fingerprint density at radius 1 is 1.12 bits per heavy atom. The maximum absolute atomic E-state index is 13.0. The number of aliphatic carboxylic acids is 1. The number of carbonyl (C=O) groups excluding carboxylic acids is 1. The number of hydrogen-bond acceptors (Lipinski definition) is 6. The summed E-state index contributed by atoms with van der Waals surface area (Å²) >= 11 is 1.12. The van der Waals surface area contributed by atoms with Gasteiger partial charge in [0.1, 0.15) is 5.75 Å². The Kier molecular flexibility index (Phi) is 7.32. The first-order chi connectivity index (χ1) is 15.3. The predicted octanol–water partition coefficient (Wildman–Crippen LogP) is 4.25. The number of carbonyl (C=O) groups is 3. The first-order valence-corrected chi connectivity index (χ1v) is 10.8. The molecule has 1 amide bonds.